The smallest absolute Gasteiger partial charge is 0.232 e. The fourth-order valence-electron chi connectivity index (χ4n) is 1.77. The minimum Gasteiger partial charge on any atom is -0.480 e. The Kier molecular flexibility index (Phi) is 2.37. The minimum atomic E-state index is 0.473. The van der Waals surface area contributed by atoms with Gasteiger partial charge in [-0.15, -0.1) is 0 Å². The summed E-state index contributed by atoms with van der Waals surface area (Å²) in [6.07, 6.45) is 1.66. The van der Waals surface area contributed by atoms with Crippen LogP contribution in [0.15, 0.2) is 40.9 Å². The van der Waals surface area contributed by atoms with Crippen LogP contribution in [-0.4, -0.2) is 17.1 Å². The number of hydrogen-bond donors (Lipinski definition) is 1. The van der Waals surface area contributed by atoms with E-state index in [1.54, 1.807) is 31.5 Å². The quantitative estimate of drug-likeness (QED) is 0.697. The maximum absolute atomic E-state index is 5.70. The van der Waals surface area contributed by atoms with Crippen LogP contribution in [0, 0.1) is 0 Å². The third-order valence-corrected chi connectivity index (χ3v) is 2.61. The lowest BCUT2D eigenvalue weighted by molar-refractivity contribution is 0.398. The van der Waals surface area contributed by atoms with Crippen molar-refractivity contribution in [1.82, 2.24) is 9.97 Å². The number of nitrogens with zero attached hydrogens (tertiary/aromatic N) is 2. The molecule has 0 spiro atoms. The molecule has 2 heterocycles. The minimum absolute atomic E-state index is 0.473. The van der Waals surface area contributed by atoms with Crippen molar-refractivity contribution in [2.45, 2.75) is 0 Å². The molecule has 0 aliphatic carbocycles. The van der Waals surface area contributed by atoms with E-state index in [-0.39, 0.29) is 0 Å². The molecule has 2 aromatic heterocycles. The monoisotopic (exact) mass is 241 g/mol. The molecule has 2 N–H and O–H groups in total. The Morgan fingerprint density at radius 2 is 2.17 bits per heavy atom. The average Bonchev–Trinajstić information content (AvgIpc) is 2.81. The van der Waals surface area contributed by atoms with Gasteiger partial charge in [0.1, 0.15) is 5.52 Å². The number of ether oxygens (including phenoxy) is 1. The highest BCUT2D eigenvalue weighted by molar-refractivity contribution is 5.79. The van der Waals surface area contributed by atoms with E-state index in [0.29, 0.717) is 23.0 Å². The van der Waals surface area contributed by atoms with Crippen molar-refractivity contribution >= 4 is 16.8 Å². The first kappa shape index (κ1) is 10.6. The molecule has 18 heavy (non-hydrogen) atoms. The number of oxazole rings is 1. The van der Waals surface area contributed by atoms with Crippen molar-refractivity contribution in [3.63, 3.8) is 0 Å². The van der Waals surface area contributed by atoms with Gasteiger partial charge in [0.15, 0.2) is 5.58 Å². The van der Waals surface area contributed by atoms with Crippen LogP contribution >= 0.6 is 0 Å². The Morgan fingerprint density at radius 1 is 1.28 bits per heavy atom. The molecule has 0 aliphatic heterocycles. The Bertz CT molecular complexity index is 706. The normalized spacial score (nSPS) is 10.7. The second-order valence-corrected chi connectivity index (χ2v) is 3.81. The van der Waals surface area contributed by atoms with Crippen molar-refractivity contribution in [1.29, 1.82) is 0 Å². The zero-order valence-electron chi connectivity index (χ0n) is 9.75. The Labute approximate surface area is 103 Å². The number of aromatic nitrogens is 2. The summed E-state index contributed by atoms with van der Waals surface area (Å²) in [6, 6.07) is 9.01. The predicted octanol–water partition coefficient (Wildman–Crippen LogP) is 2.48. The molecule has 0 radical (unpaired) electrons. The highest BCUT2D eigenvalue weighted by atomic mass is 16.5. The van der Waals surface area contributed by atoms with Crippen LogP contribution in [0.1, 0.15) is 0 Å². The number of methoxy groups -OCH3 is 1. The fraction of sp³-hybridized carbons (Fsp3) is 0.0769. The molecular formula is C13H11N3O2. The third-order valence-electron chi connectivity index (χ3n) is 2.61. The van der Waals surface area contributed by atoms with E-state index in [2.05, 4.69) is 9.97 Å². The van der Waals surface area contributed by atoms with Crippen molar-refractivity contribution in [2.24, 2.45) is 0 Å². The Hall–Kier alpha value is -2.56. The van der Waals surface area contributed by atoms with Gasteiger partial charge in [-0.05, 0) is 24.3 Å². The molecule has 5 nitrogen and oxygen atoms in total. The maximum Gasteiger partial charge on any atom is 0.232 e. The number of fused-ring (bicyclic) bond motifs is 1. The van der Waals surface area contributed by atoms with Gasteiger partial charge in [-0.25, -0.2) is 9.97 Å². The molecule has 5 heteroatoms. The second-order valence-electron chi connectivity index (χ2n) is 3.81. The highest BCUT2D eigenvalue weighted by Crippen LogP contribution is 2.30. The van der Waals surface area contributed by atoms with Crippen LogP contribution in [0.5, 0.6) is 5.88 Å². The van der Waals surface area contributed by atoms with Crippen LogP contribution in [0.2, 0.25) is 0 Å². The van der Waals surface area contributed by atoms with Crippen molar-refractivity contribution in [3.05, 3.63) is 36.5 Å². The second kappa shape index (κ2) is 4.03. The topological polar surface area (TPSA) is 74.2 Å². The standard InChI is InChI=1S/C13H11N3O2/c1-17-12-9(3-2-6-15-12)13-16-10-5-4-8(14)7-11(10)18-13/h2-7H,14H2,1H3. The molecule has 0 fully saturated rings. The van der Waals surface area contributed by atoms with Gasteiger partial charge in [0, 0.05) is 18.0 Å². The molecule has 1 aromatic carbocycles. The summed E-state index contributed by atoms with van der Waals surface area (Å²) in [5.74, 6) is 0.956. The molecule has 90 valence electrons. The van der Waals surface area contributed by atoms with E-state index in [0.717, 1.165) is 11.1 Å². The van der Waals surface area contributed by atoms with Gasteiger partial charge in [0.25, 0.3) is 0 Å². The van der Waals surface area contributed by atoms with E-state index >= 15 is 0 Å². The lowest BCUT2D eigenvalue weighted by atomic mass is 10.3. The van der Waals surface area contributed by atoms with Crippen LogP contribution in [0.25, 0.3) is 22.6 Å². The number of hydrogen-bond acceptors (Lipinski definition) is 5. The summed E-state index contributed by atoms with van der Waals surface area (Å²) < 4.78 is 10.8. The first-order valence-corrected chi connectivity index (χ1v) is 5.43. The van der Waals surface area contributed by atoms with Gasteiger partial charge in [-0.2, -0.15) is 0 Å². The van der Waals surface area contributed by atoms with E-state index in [9.17, 15) is 0 Å². The maximum atomic E-state index is 5.70. The summed E-state index contributed by atoms with van der Waals surface area (Å²) >= 11 is 0. The van der Waals surface area contributed by atoms with Crippen molar-refractivity contribution in [3.8, 4) is 17.3 Å². The van der Waals surface area contributed by atoms with E-state index in [1.165, 1.54) is 0 Å². The SMILES string of the molecule is COc1ncccc1-c1nc2ccc(N)cc2o1. The number of nitrogens with two attached hydrogens (primary N) is 1. The van der Waals surface area contributed by atoms with Crippen LogP contribution in [0.4, 0.5) is 5.69 Å². The van der Waals surface area contributed by atoms with Gasteiger partial charge in [0.05, 0.1) is 12.7 Å². The number of anilines is 1. The average molecular weight is 241 g/mol. The van der Waals surface area contributed by atoms with Gasteiger partial charge in [-0.3, -0.25) is 0 Å². The summed E-state index contributed by atoms with van der Waals surface area (Å²) in [5.41, 5.74) is 8.47. The van der Waals surface area contributed by atoms with Crippen LogP contribution in [0.3, 0.4) is 0 Å². The molecule has 3 rings (SSSR count). The number of rotatable bonds is 2. The Balaban J connectivity index is 2.19. The summed E-state index contributed by atoms with van der Waals surface area (Å²) in [5, 5.41) is 0. The highest BCUT2D eigenvalue weighted by Gasteiger charge is 2.13. The zero-order valence-corrected chi connectivity index (χ0v) is 9.75. The summed E-state index contributed by atoms with van der Waals surface area (Å²) in [7, 11) is 1.56. The lowest BCUT2D eigenvalue weighted by Gasteiger charge is -2.01. The van der Waals surface area contributed by atoms with Gasteiger partial charge < -0.3 is 14.9 Å². The number of benzene rings is 1. The van der Waals surface area contributed by atoms with E-state index in [4.69, 9.17) is 14.9 Å². The van der Waals surface area contributed by atoms with E-state index in [1.807, 2.05) is 12.1 Å². The van der Waals surface area contributed by atoms with Gasteiger partial charge in [-0.1, -0.05) is 0 Å². The van der Waals surface area contributed by atoms with Crippen molar-refractivity contribution in [2.75, 3.05) is 12.8 Å². The number of pyridine rings is 1. The number of nitrogen functional groups attached to an aromatic ring is 1. The summed E-state index contributed by atoms with van der Waals surface area (Å²) in [4.78, 5) is 8.50. The molecular weight excluding hydrogens is 230 g/mol. The molecule has 0 bridgehead atoms. The van der Waals surface area contributed by atoms with Gasteiger partial charge >= 0.3 is 0 Å². The molecule has 0 amide bonds. The lowest BCUT2D eigenvalue weighted by Crippen LogP contribution is -1.90. The largest absolute Gasteiger partial charge is 0.480 e. The molecule has 0 atom stereocenters. The van der Waals surface area contributed by atoms with Crippen LogP contribution in [-0.2, 0) is 0 Å². The first-order chi connectivity index (χ1) is 8.78. The molecule has 0 saturated heterocycles. The van der Waals surface area contributed by atoms with Crippen LogP contribution < -0.4 is 10.5 Å². The van der Waals surface area contributed by atoms with Gasteiger partial charge in [0.2, 0.25) is 11.8 Å². The fourth-order valence-corrected chi connectivity index (χ4v) is 1.77. The zero-order chi connectivity index (χ0) is 12.5. The van der Waals surface area contributed by atoms with Crippen molar-refractivity contribution < 1.29 is 9.15 Å². The third kappa shape index (κ3) is 1.66. The molecule has 0 aliphatic rings. The molecule has 0 unspecified atom stereocenters. The first-order valence-electron chi connectivity index (χ1n) is 5.43. The molecule has 3 aromatic rings. The summed E-state index contributed by atoms with van der Waals surface area (Å²) in [6.45, 7) is 0. The Morgan fingerprint density at radius 3 is 3.00 bits per heavy atom. The van der Waals surface area contributed by atoms with E-state index < -0.39 is 0 Å². The molecule has 0 saturated carbocycles. The predicted molar refractivity (Wildman–Crippen MR) is 68.2 cm³/mol.